The smallest absolute Gasteiger partial charge is 0.143 e. The fourth-order valence-electron chi connectivity index (χ4n) is 8.90. The van der Waals surface area contributed by atoms with E-state index < -0.39 is 0 Å². The molecule has 0 N–H and O–H groups in total. The van der Waals surface area contributed by atoms with Crippen molar-refractivity contribution >= 4 is 54.3 Å². The summed E-state index contributed by atoms with van der Waals surface area (Å²) in [6.07, 6.45) is 0. The average Bonchev–Trinajstić information content (AvgIpc) is 3.67. The zero-order valence-corrected chi connectivity index (χ0v) is 30.7. The zero-order chi connectivity index (χ0) is 37.0. The number of fused-ring (bicyclic) bond motifs is 8. The summed E-state index contributed by atoms with van der Waals surface area (Å²) < 4.78 is 6.65. The van der Waals surface area contributed by atoms with E-state index in [-0.39, 0.29) is 5.92 Å². The largest absolute Gasteiger partial charge is 0.455 e. The summed E-state index contributed by atoms with van der Waals surface area (Å²) in [7, 11) is 0. The van der Waals surface area contributed by atoms with Crippen LogP contribution in [0.15, 0.2) is 217 Å². The Hall–Kier alpha value is -7.22. The van der Waals surface area contributed by atoms with Gasteiger partial charge in [-0.1, -0.05) is 200 Å². The van der Waals surface area contributed by atoms with Crippen molar-refractivity contribution in [3.8, 4) is 33.4 Å². The first-order valence-corrected chi connectivity index (χ1v) is 19.4. The predicted molar refractivity (Wildman–Crippen MR) is 236 cm³/mol. The van der Waals surface area contributed by atoms with E-state index in [1.807, 2.05) is 0 Å². The van der Waals surface area contributed by atoms with Gasteiger partial charge in [-0.25, -0.2) is 0 Å². The third-order valence-electron chi connectivity index (χ3n) is 11.6. The topological polar surface area (TPSA) is 13.1 Å². The number of rotatable bonds is 6. The third-order valence-corrected chi connectivity index (χ3v) is 11.6. The second-order valence-corrected chi connectivity index (χ2v) is 14.8. The molecule has 1 heterocycles. The van der Waals surface area contributed by atoms with Crippen LogP contribution in [0.1, 0.15) is 22.6 Å². The Labute approximate surface area is 325 Å². The first kappa shape index (κ1) is 32.2. The molecular weight excluding hydrogens is 677 g/mol. The number of hydrogen-bond donors (Lipinski definition) is 0. The molecule has 11 aromatic rings. The molecule has 1 heteroatoms. The van der Waals surface area contributed by atoms with Crippen LogP contribution in [0.5, 0.6) is 0 Å². The molecule has 0 aliphatic heterocycles. The Kier molecular flexibility index (Phi) is 7.64. The highest BCUT2D eigenvalue weighted by atomic mass is 16.3. The van der Waals surface area contributed by atoms with Crippen molar-refractivity contribution in [1.29, 1.82) is 0 Å². The summed E-state index contributed by atoms with van der Waals surface area (Å²) in [5.74, 6) is 0.0178. The van der Waals surface area contributed by atoms with Crippen molar-refractivity contribution in [3.63, 3.8) is 0 Å². The number of benzene rings is 10. The van der Waals surface area contributed by atoms with E-state index >= 15 is 0 Å². The van der Waals surface area contributed by atoms with Crippen LogP contribution in [0.4, 0.5) is 0 Å². The first-order valence-electron chi connectivity index (χ1n) is 19.4. The minimum Gasteiger partial charge on any atom is -0.455 e. The Morgan fingerprint density at radius 3 is 1.62 bits per heavy atom. The van der Waals surface area contributed by atoms with Crippen molar-refractivity contribution in [2.45, 2.75) is 5.92 Å². The Balaban J connectivity index is 1.07. The lowest BCUT2D eigenvalue weighted by Gasteiger charge is -2.22. The van der Waals surface area contributed by atoms with Crippen molar-refractivity contribution in [2.75, 3.05) is 0 Å². The molecule has 0 saturated carbocycles. The van der Waals surface area contributed by atoms with Gasteiger partial charge in [-0.2, -0.15) is 0 Å². The SMILES string of the molecule is c1ccc(-c2ccc(-c3ccc(C(c4cccc(-c5cc6c(oc7ccc8ccccc8c76)c6ccccc56)c4)c4cccc5ccccc45)cc3)cc2)cc1. The van der Waals surface area contributed by atoms with Gasteiger partial charge in [0.05, 0.1) is 0 Å². The lowest BCUT2D eigenvalue weighted by atomic mass is 9.81. The van der Waals surface area contributed by atoms with Gasteiger partial charge in [0, 0.05) is 22.1 Å². The maximum atomic E-state index is 6.65. The van der Waals surface area contributed by atoms with Crippen LogP contribution < -0.4 is 0 Å². The molecule has 1 aromatic heterocycles. The van der Waals surface area contributed by atoms with Gasteiger partial charge in [0.1, 0.15) is 11.2 Å². The quantitative estimate of drug-likeness (QED) is 0.156. The van der Waals surface area contributed by atoms with Gasteiger partial charge in [-0.3, -0.25) is 0 Å². The summed E-state index contributed by atoms with van der Waals surface area (Å²) in [5, 5.41) is 9.58. The Morgan fingerprint density at radius 2 is 0.875 bits per heavy atom. The second-order valence-electron chi connectivity index (χ2n) is 14.8. The van der Waals surface area contributed by atoms with E-state index in [0.717, 1.165) is 21.9 Å². The lowest BCUT2D eigenvalue weighted by Crippen LogP contribution is -2.05. The summed E-state index contributed by atoms with van der Waals surface area (Å²) in [6, 6.07) is 77.3. The van der Waals surface area contributed by atoms with Crippen molar-refractivity contribution < 1.29 is 4.42 Å². The van der Waals surface area contributed by atoms with Gasteiger partial charge in [0.25, 0.3) is 0 Å². The minimum atomic E-state index is 0.0178. The van der Waals surface area contributed by atoms with Gasteiger partial charge < -0.3 is 4.42 Å². The minimum absolute atomic E-state index is 0.0178. The van der Waals surface area contributed by atoms with Gasteiger partial charge >= 0.3 is 0 Å². The van der Waals surface area contributed by atoms with Crippen LogP contribution in [0.25, 0.3) is 87.6 Å². The zero-order valence-electron chi connectivity index (χ0n) is 30.7. The predicted octanol–water partition coefficient (Wildman–Crippen LogP) is 15.2. The van der Waals surface area contributed by atoms with Crippen molar-refractivity contribution in [1.82, 2.24) is 0 Å². The molecule has 1 unspecified atom stereocenters. The average molecular weight is 713 g/mol. The Bertz CT molecular complexity index is 3220. The summed E-state index contributed by atoms with van der Waals surface area (Å²) >= 11 is 0. The van der Waals surface area contributed by atoms with Crippen LogP contribution in [0, 0.1) is 0 Å². The molecule has 0 aliphatic carbocycles. The monoisotopic (exact) mass is 712 g/mol. The van der Waals surface area contributed by atoms with Crippen LogP contribution >= 0.6 is 0 Å². The van der Waals surface area contributed by atoms with E-state index in [4.69, 9.17) is 4.42 Å². The molecule has 1 nitrogen and oxygen atoms in total. The maximum Gasteiger partial charge on any atom is 0.143 e. The highest BCUT2D eigenvalue weighted by Gasteiger charge is 2.22. The van der Waals surface area contributed by atoms with E-state index in [1.54, 1.807) is 0 Å². The molecular formula is C55H36O. The molecule has 0 aliphatic rings. The molecule has 0 amide bonds. The normalized spacial score (nSPS) is 12.2. The standard InChI is InChI=1S/C55H36O/c1-2-12-36(13-3-1)37-24-26-38(27-25-37)39-28-30-42(31-29-39)53(48-23-11-16-40-14-4-6-19-45(40)48)44-18-10-17-43(34-44)50-35-51-54-46-20-7-5-15-41(46)32-33-52(54)56-55(51)49-22-9-8-21-47(49)50/h1-35,53H. The van der Waals surface area contributed by atoms with Gasteiger partial charge in [0.15, 0.2) is 0 Å². The number of furan rings is 1. The summed E-state index contributed by atoms with van der Waals surface area (Å²) in [5.41, 5.74) is 12.9. The molecule has 10 aromatic carbocycles. The van der Waals surface area contributed by atoms with Crippen molar-refractivity contribution in [2.24, 2.45) is 0 Å². The third kappa shape index (κ3) is 5.40. The highest BCUT2D eigenvalue weighted by Crippen LogP contribution is 2.44. The van der Waals surface area contributed by atoms with Gasteiger partial charge in [-0.15, -0.1) is 0 Å². The van der Waals surface area contributed by atoms with E-state index in [1.165, 1.54) is 82.4 Å². The van der Waals surface area contributed by atoms with Crippen LogP contribution in [-0.4, -0.2) is 0 Å². The van der Waals surface area contributed by atoms with Gasteiger partial charge in [0.2, 0.25) is 0 Å². The molecule has 1 atom stereocenters. The highest BCUT2D eigenvalue weighted by molar-refractivity contribution is 6.25. The van der Waals surface area contributed by atoms with Crippen LogP contribution in [0.3, 0.4) is 0 Å². The van der Waals surface area contributed by atoms with Crippen LogP contribution in [-0.2, 0) is 0 Å². The molecule has 0 spiro atoms. The summed E-state index contributed by atoms with van der Waals surface area (Å²) in [4.78, 5) is 0. The molecule has 0 saturated heterocycles. The lowest BCUT2D eigenvalue weighted by molar-refractivity contribution is 0.673. The molecule has 56 heavy (non-hydrogen) atoms. The molecule has 0 bridgehead atoms. The maximum absolute atomic E-state index is 6.65. The fourth-order valence-corrected chi connectivity index (χ4v) is 8.90. The van der Waals surface area contributed by atoms with E-state index in [2.05, 4.69) is 212 Å². The number of hydrogen-bond acceptors (Lipinski definition) is 1. The summed E-state index contributed by atoms with van der Waals surface area (Å²) in [6.45, 7) is 0. The van der Waals surface area contributed by atoms with Crippen molar-refractivity contribution in [3.05, 3.63) is 229 Å². The molecule has 262 valence electrons. The van der Waals surface area contributed by atoms with Gasteiger partial charge in [-0.05, 0) is 89.1 Å². The second kappa shape index (κ2) is 13.3. The Morgan fingerprint density at radius 1 is 0.321 bits per heavy atom. The van der Waals surface area contributed by atoms with Crippen LogP contribution in [0.2, 0.25) is 0 Å². The molecule has 11 rings (SSSR count). The van der Waals surface area contributed by atoms with E-state index in [9.17, 15) is 0 Å². The first-order chi connectivity index (χ1) is 27.8. The van der Waals surface area contributed by atoms with E-state index in [0.29, 0.717) is 0 Å². The molecule has 0 radical (unpaired) electrons. The molecule has 0 fully saturated rings. The fraction of sp³-hybridized carbons (Fsp3) is 0.0182.